The highest BCUT2D eigenvalue weighted by molar-refractivity contribution is 7.99. The normalized spacial score (nSPS) is 21.5. The van der Waals surface area contributed by atoms with E-state index in [1.54, 1.807) is 36.9 Å². The van der Waals surface area contributed by atoms with E-state index in [9.17, 15) is 19.5 Å². The fourth-order valence-electron chi connectivity index (χ4n) is 6.61. The lowest BCUT2D eigenvalue weighted by Gasteiger charge is -2.47. The van der Waals surface area contributed by atoms with Crippen LogP contribution in [0.5, 0.6) is 5.75 Å². The molecule has 0 bridgehead atoms. The highest BCUT2D eigenvalue weighted by Crippen LogP contribution is 2.39. The Labute approximate surface area is 277 Å². The molecule has 1 aliphatic heterocycles. The smallest absolute Gasteiger partial charge is 0.303 e. The van der Waals surface area contributed by atoms with Crippen LogP contribution in [0.25, 0.3) is 0 Å². The molecule has 2 aromatic rings. The molecule has 4 N–H and O–H groups in total. The van der Waals surface area contributed by atoms with Crippen molar-refractivity contribution in [1.82, 2.24) is 15.5 Å². The van der Waals surface area contributed by atoms with E-state index in [0.717, 1.165) is 30.7 Å². The summed E-state index contributed by atoms with van der Waals surface area (Å²) in [6, 6.07) is 14.2. The van der Waals surface area contributed by atoms with Crippen molar-refractivity contribution in [3.05, 3.63) is 59.7 Å². The van der Waals surface area contributed by atoms with Gasteiger partial charge >= 0.3 is 5.97 Å². The molecule has 0 radical (unpaired) electrons. The van der Waals surface area contributed by atoms with Crippen molar-refractivity contribution in [2.75, 3.05) is 25.4 Å². The lowest BCUT2D eigenvalue weighted by atomic mass is 9.72. The van der Waals surface area contributed by atoms with Crippen LogP contribution in [0, 0.1) is 18.8 Å². The number of carbonyl (C=O) groups excluding carboxylic acids is 2. The number of fused-ring (bicyclic) bond motifs is 1. The van der Waals surface area contributed by atoms with Gasteiger partial charge in [0.2, 0.25) is 5.91 Å². The zero-order chi connectivity index (χ0) is 33.3. The highest BCUT2D eigenvalue weighted by Gasteiger charge is 2.41. The van der Waals surface area contributed by atoms with Gasteiger partial charge in [0.1, 0.15) is 5.75 Å². The summed E-state index contributed by atoms with van der Waals surface area (Å²) in [4.78, 5) is 41.4. The minimum Gasteiger partial charge on any atom is -0.493 e. The SMILES string of the molecule is Cc1c(OCCCC(=O)O)cccc1C(=O)N[C@@H](CSc1ccccc1)[C@H](O)CN1C[C@H]2CCCC[C@H]2C[C@H]1C(=O)NC(C)(C)C. The van der Waals surface area contributed by atoms with Crippen molar-refractivity contribution >= 4 is 29.5 Å². The molecule has 2 aromatic carbocycles. The maximum absolute atomic E-state index is 13.7. The van der Waals surface area contributed by atoms with Gasteiger partial charge in [-0.2, -0.15) is 0 Å². The summed E-state index contributed by atoms with van der Waals surface area (Å²) in [6.07, 6.45) is 4.94. The Bertz CT molecular complexity index is 1320. The van der Waals surface area contributed by atoms with E-state index in [0.29, 0.717) is 40.9 Å². The number of benzene rings is 2. The number of β-amino-alcohol motifs (C(OH)–C–C–N with tert-alkyl or cyclic N) is 1. The average Bonchev–Trinajstić information content (AvgIpc) is 3.01. The summed E-state index contributed by atoms with van der Waals surface area (Å²) in [5, 5.41) is 27.0. The number of likely N-dealkylation sites (tertiary alicyclic amines) is 1. The molecule has 252 valence electrons. The van der Waals surface area contributed by atoms with Crippen molar-refractivity contribution < 1.29 is 29.3 Å². The first kappa shape index (κ1) is 35.8. The van der Waals surface area contributed by atoms with Crippen LogP contribution in [0.4, 0.5) is 0 Å². The number of hydrogen-bond acceptors (Lipinski definition) is 7. The van der Waals surface area contributed by atoms with Gasteiger partial charge in [0.15, 0.2) is 0 Å². The molecule has 0 aromatic heterocycles. The Morgan fingerprint density at radius 1 is 1.04 bits per heavy atom. The first-order valence-electron chi connectivity index (χ1n) is 16.6. The van der Waals surface area contributed by atoms with Gasteiger partial charge in [-0.1, -0.05) is 43.5 Å². The van der Waals surface area contributed by atoms with Gasteiger partial charge in [0, 0.05) is 46.8 Å². The summed E-state index contributed by atoms with van der Waals surface area (Å²) in [6.45, 7) is 9.03. The van der Waals surface area contributed by atoms with Gasteiger partial charge < -0.3 is 25.6 Å². The standard InChI is InChI=1S/C36H51N3O6S/c1-24-28(16-10-17-32(24)45-19-11-18-33(41)42)34(43)37-29(23-46-27-14-6-5-7-15-27)31(40)22-39-21-26-13-9-8-12-25(26)20-30(39)35(44)38-36(2,3)4/h5-7,10,14-17,25-26,29-31,40H,8-9,11-13,18-23H2,1-4H3,(H,37,43)(H,38,44)(H,41,42)/t25-,26+,29-,30-,31+/m0/s1. The number of carboxylic acids is 1. The maximum atomic E-state index is 13.7. The fraction of sp³-hybridized carbons (Fsp3) is 0.583. The molecule has 5 atom stereocenters. The van der Waals surface area contributed by atoms with Crippen molar-refractivity contribution in [3.63, 3.8) is 0 Å². The summed E-state index contributed by atoms with van der Waals surface area (Å²) in [5.74, 6) is 0.793. The number of thioether (sulfide) groups is 1. The summed E-state index contributed by atoms with van der Waals surface area (Å²) in [5.41, 5.74) is 0.723. The zero-order valence-corrected chi connectivity index (χ0v) is 28.5. The van der Waals surface area contributed by atoms with E-state index in [2.05, 4.69) is 15.5 Å². The van der Waals surface area contributed by atoms with Crippen LogP contribution in [0.15, 0.2) is 53.4 Å². The number of amides is 2. The van der Waals surface area contributed by atoms with Crippen LogP contribution in [-0.4, -0.2) is 82.1 Å². The largest absolute Gasteiger partial charge is 0.493 e. The monoisotopic (exact) mass is 653 g/mol. The number of nitrogens with zero attached hydrogens (tertiary/aromatic N) is 1. The van der Waals surface area contributed by atoms with Gasteiger partial charge in [-0.3, -0.25) is 19.3 Å². The maximum Gasteiger partial charge on any atom is 0.303 e. The molecular weight excluding hydrogens is 602 g/mol. The first-order valence-corrected chi connectivity index (χ1v) is 17.6. The van der Waals surface area contributed by atoms with Gasteiger partial charge in [0.05, 0.1) is 24.8 Å². The predicted octanol–water partition coefficient (Wildman–Crippen LogP) is 5.29. The summed E-state index contributed by atoms with van der Waals surface area (Å²) in [7, 11) is 0. The fourth-order valence-corrected chi connectivity index (χ4v) is 7.64. The third-order valence-corrected chi connectivity index (χ3v) is 10.1. The molecule has 46 heavy (non-hydrogen) atoms. The Morgan fingerprint density at radius 2 is 1.76 bits per heavy atom. The number of ether oxygens (including phenoxy) is 1. The lowest BCUT2D eigenvalue weighted by Crippen LogP contribution is -2.60. The topological polar surface area (TPSA) is 128 Å². The van der Waals surface area contributed by atoms with Crippen LogP contribution in [-0.2, 0) is 9.59 Å². The number of carboxylic acid groups (broad SMARTS) is 1. The second-order valence-corrected chi connectivity index (χ2v) is 14.9. The van der Waals surface area contributed by atoms with Crippen LogP contribution in [0.2, 0.25) is 0 Å². The second kappa shape index (κ2) is 16.7. The Balaban J connectivity index is 1.51. The Kier molecular flexibility index (Phi) is 13.0. The molecule has 1 saturated carbocycles. The first-order chi connectivity index (χ1) is 21.9. The molecular formula is C36H51N3O6S. The van der Waals surface area contributed by atoms with Crippen molar-refractivity contribution in [2.45, 2.75) is 101 Å². The van der Waals surface area contributed by atoms with E-state index >= 15 is 0 Å². The average molecular weight is 654 g/mol. The molecule has 1 aliphatic carbocycles. The molecule has 1 heterocycles. The third-order valence-electron chi connectivity index (χ3n) is 9.00. The van der Waals surface area contributed by atoms with Gasteiger partial charge in [-0.25, -0.2) is 0 Å². The van der Waals surface area contributed by atoms with Crippen LogP contribution in [0.1, 0.15) is 81.6 Å². The van der Waals surface area contributed by atoms with E-state index in [1.807, 2.05) is 51.1 Å². The number of aliphatic carboxylic acids is 1. The Morgan fingerprint density at radius 3 is 2.46 bits per heavy atom. The van der Waals surface area contributed by atoms with Crippen LogP contribution in [0.3, 0.4) is 0 Å². The van der Waals surface area contributed by atoms with Gasteiger partial charge in [-0.05, 0) is 83.1 Å². The number of rotatable bonds is 14. The summed E-state index contributed by atoms with van der Waals surface area (Å²) < 4.78 is 5.81. The Hall–Kier alpha value is -3.08. The second-order valence-electron chi connectivity index (χ2n) is 13.8. The number of carbonyl (C=O) groups is 3. The molecule has 2 aliphatic rings. The van der Waals surface area contributed by atoms with E-state index in [4.69, 9.17) is 9.84 Å². The third kappa shape index (κ3) is 10.5. The van der Waals surface area contributed by atoms with Crippen molar-refractivity contribution in [1.29, 1.82) is 0 Å². The van der Waals surface area contributed by atoms with Crippen LogP contribution < -0.4 is 15.4 Å². The number of piperidine rings is 1. The molecule has 2 fully saturated rings. The highest BCUT2D eigenvalue weighted by atomic mass is 32.2. The van der Waals surface area contributed by atoms with Crippen molar-refractivity contribution in [2.24, 2.45) is 11.8 Å². The van der Waals surface area contributed by atoms with Gasteiger partial charge in [0.25, 0.3) is 5.91 Å². The lowest BCUT2D eigenvalue weighted by molar-refractivity contribution is -0.137. The number of nitrogens with one attached hydrogen (secondary N) is 2. The summed E-state index contributed by atoms with van der Waals surface area (Å²) >= 11 is 1.57. The number of aliphatic hydroxyl groups is 1. The van der Waals surface area contributed by atoms with Crippen LogP contribution >= 0.6 is 11.8 Å². The predicted molar refractivity (Wildman–Crippen MR) is 181 cm³/mol. The molecule has 2 amide bonds. The van der Waals surface area contributed by atoms with Gasteiger partial charge in [-0.15, -0.1) is 11.8 Å². The number of aliphatic hydroxyl groups excluding tert-OH is 1. The molecule has 0 spiro atoms. The number of hydrogen-bond donors (Lipinski definition) is 4. The minimum absolute atomic E-state index is 0.00114. The molecule has 1 saturated heterocycles. The molecule has 0 unspecified atom stereocenters. The van der Waals surface area contributed by atoms with E-state index in [1.165, 1.54) is 12.8 Å². The molecule has 4 rings (SSSR count). The van der Waals surface area contributed by atoms with Crippen molar-refractivity contribution in [3.8, 4) is 5.75 Å². The quantitative estimate of drug-likeness (QED) is 0.160. The zero-order valence-electron chi connectivity index (χ0n) is 27.7. The van der Waals surface area contributed by atoms with E-state index < -0.39 is 18.1 Å². The molecule has 10 heteroatoms. The minimum atomic E-state index is -0.916. The molecule has 9 nitrogen and oxygen atoms in total. The van der Waals surface area contributed by atoms with E-state index in [-0.39, 0.29) is 43.0 Å².